The molecular weight excluding hydrogens is 885 g/mol. The van der Waals surface area contributed by atoms with Crippen molar-refractivity contribution in [2.24, 2.45) is 0 Å². The number of unbranched alkanes of at least 4 members (excludes halogenated alkanes) is 24. The van der Waals surface area contributed by atoms with Crippen molar-refractivity contribution < 1.29 is 69.0 Å². The largest absolute Gasteiger partial charge is 0.457 e. The monoisotopic (exact) mass is 985 g/mol. The molecule has 0 bridgehead atoms. The van der Waals surface area contributed by atoms with Gasteiger partial charge in [-0.15, -0.1) is 0 Å². The lowest BCUT2D eigenvalue weighted by Gasteiger charge is -2.42. The number of allylic oxidation sites excluding steroid dienone is 6. The Morgan fingerprint density at radius 2 is 0.899 bits per heavy atom. The normalized spacial score (nSPS) is 25.9. The molecular formula is C55H100O14. The molecule has 14 nitrogen and oxygen atoms in total. The summed E-state index contributed by atoms with van der Waals surface area (Å²) in [7, 11) is 0. The molecule has 2 aliphatic heterocycles. The van der Waals surface area contributed by atoms with E-state index in [0.29, 0.717) is 13.0 Å². The molecule has 11 atom stereocenters. The summed E-state index contributed by atoms with van der Waals surface area (Å²) in [4.78, 5) is 13.0. The highest BCUT2D eigenvalue weighted by Gasteiger charge is 2.47. The zero-order valence-electron chi connectivity index (χ0n) is 43.1. The second-order valence-electron chi connectivity index (χ2n) is 19.4. The van der Waals surface area contributed by atoms with Gasteiger partial charge in [0.25, 0.3) is 0 Å². The van der Waals surface area contributed by atoms with Gasteiger partial charge >= 0.3 is 5.97 Å². The first kappa shape index (κ1) is 63.3. The molecule has 404 valence electrons. The first-order chi connectivity index (χ1) is 33.6. The number of rotatable bonds is 44. The van der Waals surface area contributed by atoms with E-state index < -0.39 is 80.7 Å². The standard InChI is InChI=1S/C55H100O14/c1-3-5-7-9-11-13-15-17-19-21-22-23-24-26-28-30-32-34-36-38-47(57)67-44(41-64-39-37-35-33-31-29-27-25-20-18-16-14-12-10-8-6-4-2)42-65-54-53(63)51(61)49(59)46(69-54)43-66-55-52(62)50(60)48(58)45(40-56)68-55/h11,13,17,19,22-23,44-46,48-56,58-63H,3-10,12,14-16,18,20-21,24-43H2,1-2H3/b13-11-,19-17-,23-22-. The van der Waals surface area contributed by atoms with Crippen LogP contribution in [-0.2, 0) is 33.2 Å². The van der Waals surface area contributed by atoms with Crippen molar-refractivity contribution in [3.8, 4) is 0 Å². The first-order valence-corrected chi connectivity index (χ1v) is 27.6. The van der Waals surface area contributed by atoms with E-state index in [4.69, 9.17) is 28.4 Å². The smallest absolute Gasteiger partial charge is 0.306 e. The molecule has 0 amide bonds. The molecule has 2 fully saturated rings. The lowest BCUT2D eigenvalue weighted by atomic mass is 9.98. The SMILES string of the molecule is CCCCC/C=C\C/C=C\C/C=C\CCCCCCCCC(=O)OC(COCCCCCCCCCCCCCCCCCC)COC1OC(COC2OC(CO)C(O)C(O)C2O)C(O)C(O)C1O. The number of aliphatic hydroxyl groups excluding tert-OH is 7. The zero-order chi connectivity index (χ0) is 50.2. The summed E-state index contributed by atoms with van der Waals surface area (Å²) in [5.41, 5.74) is 0. The molecule has 2 saturated heterocycles. The highest BCUT2D eigenvalue weighted by atomic mass is 16.7. The Morgan fingerprint density at radius 1 is 0.478 bits per heavy atom. The van der Waals surface area contributed by atoms with Crippen LogP contribution >= 0.6 is 0 Å². The molecule has 0 aromatic carbocycles. The number of aliphatic hydroxyl groups is 7. The summed E-state index contributed by atoms with van der Waals surface area (Å²) in [6, 6.07) is 0. The zero-order valence-corrected chi connectivity index (χ0v) is 43.1. The lowest BCUT2D eigenvalue weighted by molar-refractivity contribution is -0.332. The number of carbonyl (C=O) groups is 1. The lowest BCUT2D eigenvalue weighted by Crippen LogP contribution is -2.61. The number of ether oxygens (including phenoxy) is 6. The van der Waals surface area contributed by atoms with Gasteiger partial charge in [-0.1, -0.05) is 185 Å². The van der Waals surface area contributed by atoms with E-state index in [1.54, 1.807) is 0 Å². The predicted octanol–water partition coefficient (Wildman–Crippen LogP) is 8.97. The van der Waals surface area contributed by atoms with E-state index in [1.165, 1.54) is 109 Å². The van der Waals surface area contributed by atoms with Gasteiger partial charge in [0.1, 0.15) is 54.9 Å². The average Bonchev–Trinajstić information content (AvgIpc) is 3.35. The second kappa shape index (κ2) is 42.7. The van der Waals surface area contributed by atoms with Crippen molar-refractivity contribution in [1.29, 1.82) is 0 Å². The van der Waals surface area contributed by atoms with Crippen molar-refractivity contribution in [1.82, 2.24) is 0 Å². The third-order valence-corrected chi connectivity index (χ3v) is 13.2. The van der Waals surface area contributed by atoms with E-state index >= 15 is 0 Å². The molecule has 7 N–H and O–H groups in total. The molecule has 0 radical (unpaired) electrons. The van der Waals surface area contributed by atoms with Gasteiger partial charge in [0, 0.05) is 13.0 Å². The Morgan fingerprint density at radius 3 is 1.43 bits per heavy atom. The predicted molar refractivity (Wildman–Crippen MR) is 270 cm³/mol. The van der Waals surface area contributed by atoms with Crippen molar-refractivity contribution in [3.05, 3.63) is 36.5 Å². The fraction of sp³-hybridized carbons (Fsp3) is 0.873. The maximum Gasteiger partial charge on any atom is 0.306 e. The molecule has 0 aromatic heterocycles. The van der Waals surface area contributed by atoms with Crippen molar-refractivity contribution in [2.45, 2.75) is 274 Å². The molecule has 14 heteroatoms. The average molecular weight is 985 g/mol. The van der Waals surface area contributed by atoms with Crippen LogP contribution in [0, 0.1) is 0 Å². The minimum Gasteiger partial charge on any atom is -0.457 e. The van der Waals surface area contributed by atoms with E-state index in [0.717, 1.165) is 70.6 Å². The third kappa shape index (κ3) is 30.1. The fourth-order valence-corrected chi connectivity index (χ4v) is 8.65. The number of carbonyl (C=O) groups excluding carboxylic acids is 1. The summed E-state index contributed by atoms with van der Waals surface area (Å²) < 4.78 is 34.3. The van der Waals surface area contributed by atoms with Crippen LogP contribution in [0.1, 0.15) is 206 Å². The van der Waals surface area contributed by atoms with Crippen LogP contribution < -0.4 is 0 Å². The number of esters is 1. The highest BCUT2D eigenvalue weighted by molar-refractivity contribution is 5.69. The van der Waals surface area contributed by atoms with Gasteiger partial charge in [0.05, 0.1) is 26.4 Å². The molecule has 0 aliphatic carbocycles. The first-order valence-electron chi connectivity index (χ1n) is 27.6. The molecule has 0 spiro atoms. The van der Waals surface area contributed by atoms with Crippen LogP contribution in [0.25, 0.3) is 0 Å². The van der Waals surface area contributed by atoms with E-state index in [2.05, 4.69) is 50.3 Å². The Labute approximate surface area is 417 Å². The van der Waals surface area contributed by atoms with Crippen LogP contribution in [0.15, 0.2) is 36.5 Å². The van der Waals surface area contributed by atoms with Gasteiger partial charge in [-0.3, -0.25) is 4.79 Å². The van der Waals surface area contributed by atoms with Crippen LogP contribution in [-0.4, -0.2) is 142 Å². The molecule has 11 unspecified atom stereocenters. The van der Waals surface area contributed by atoms with Crippen LogP contribution in [0.2, 0.25) is 0 Å². The van der Waals surface area contributed by atoms with Gasteiger partial charge in [0.2, 0.25) is 0 Å². The molecule has 0 saturated carbocycles. The summed E-state index contributed by atoms with van der Waals surface area (Å²) in [6.07, 6.45) is 31.9. The number of hydrogen-bond donors (Lipinski definition) is 7. The van der Waals surface area contributed by atoms with E-state index in [1.807, 2.05) is 0 Å². The summed E-state index contributed by atoms with van der Waals surface area (Å²) in [6.45, 7) is 3.67. The van der Waals surface area contributed by atoms with Crippen LogP contribution in [0.3, 0.4) is 0 Å². The van der Waals surface area contributed by atoms with Crippen molar-refractivity contribution >= 4 is 5.97 Å². The minimum absolute atomic E-state index is 0.0589. The van der Waals surface area contributed by atoms with E-state index in [-0.39, 0.29) is 25.6 Å². The van der Waals surface area contributed by atoms with E-state index in [9.17, 15) is 40.5 Å². The Kier molecular flexibility index (Phi) is 39.2. The quantitative estimate of drug-likeness (QED) is 0.0173. The maximum absolute atomic E-state index is 13.0. The Bertz CT molecular complexity index is 1280. The minimum atomic E-state index is -1.71. The van der Waals surface area contributed by atoms with Crippen molar-refractivity contribution in [2.75, 3.05) is 33.0 Å². The molecule has 69 heavy (non-hydrogen) atoms. The summed E-state index contributed by atoms with van der Waals surface area (Å²) >= 11 is 0. The topological polar surface area (TPSA) is 214 Å². The maximum atomic E-state index is 13.0. The molecule has 2 aliphatic rings. The fourth-order valence-electron chi connectivity index (χ4n) is 8.65. The van der Waals surface area contributed by atoms with Crippen LogP contribution in [0.5, 0.6) is 0 Å². The Balaban J connectivity index is 1.75. The van der Waals surface area contributed by atoms with Gasteiger partial charge < -0.3 is 64.2 Å². The van der Waals surface area contributed by atoms with Gasteiger partial charge in [-0.05, 0) is 51.4 Å². The van der Waals surface area contributed by atoms with Gasteiger partial charge in [0.15, 0.2) is 12.6 Å². The van der Waals surface area contributed by atoms with Crippen LogP contribution in [0.4, 0.5) is 0 Å². The van der Waals surface area contributed by atoms with Gasteiger partial charge in [-0.2, -0.15) is 0 Å². The van der Waals surface area contributed by atoms with Gasteiger partial charge in [-0.25, -0.2) is 0 Å². The third-order valence-electron chi connectivity index (χ3n) is 13.2. The summed E-state index contributed by atoms with van der Waals surface area (Å²) in [5, 5.41) is 72.2. The summed E-state index contributed by atoms with van der Waals surface area (Å²) in [5.74, 6) is -0.386. The Hall–Kier alpha value is -1.79. The molecule has 2 rings (SSSR count). The van der Waals surface area contributed by atoms with Crippen molar-refractivity contribution in [3.63, 3.8) is 0 Å². The molecule has 2 heterocycles. The second-order valence-corrected chi connectivity index (χ2v) is 19.4. The highest BCUT2D eigenvalue weighted by Crippen LogP contribution is 2.26. The number of hydrogen-bond acceptors (Lipinski definition) is 14. The molecule has 0 aromatic rings.